The highest BCUT2D eigenvalue weighted by Crippen LogP contribution is 2.34. The number of benzene rings is 1. The molecule has 2 aliphatic rings. The molecule has 1 aromatic carbocycles. The summed E-state index contributed by atoms with van der Waals surface area (Å²) in [6, 6.07) is 4.89. The zero-order valence-corrected chi connectivity index (χ0v) is 14.7. The van der Waals surface area contributed by atoms with Crippen LogP contribution in [0.1, 0.15) is 55.8 Å². The number of carbonyl (C=O) groups excluding carboxylic acids is 1. The highest BCUT2D eigenvalue weighted by molar-refractivity contribution is 7.90. The molecule has 1 N–H and O–H groups in total. The molecule has 0 saturated carbocycles. The van der Waals surface area contributed by atoms with Gasteiger partial charge >= 0.3 is 0 Å². The fourth-order valence-electron chi connectivity index (χ4n) is 3.10. The number of rotatable bonds is 4. The number of hydrogen-bond acceptors (Lipinski definition) is 4. The van der Waals surface area contributed by atoms with Crippen molar-refractivity contribution in [1.29, 1.82) is 0 Å². The van der Waals surface area contributed by atoms with Crippen LogP contribution in [0.25, 0.3) is 0 Å². The van der Waals surface area contributed by atoms with Crippen molar-refractivity contribution in [1.82, 2.24) is 5.32 Å². The van der Waals surface area contributed by atoms with Gasteiger partial charge in [0.05, 0.1) is 5.69 Å². The lowest BCUT2D eigenvalue weighted by molar-refractivity contribution is 0.0953. The van der Waals surface area contributed by atoms with E-state index in [4.69, 9.17) is 0 Å². The van der Waals surface area contributed by atoms with Crippen LogP contribution < -0.4 is 10.2 Å². The first-order valence-corrected chi connectivity index (χ1v) is 10.0. The molecule has 0 unspecified atom stereocenters. The van der Waals surface area contributed by atoms with Gasteiger partial charge in [0.1, 0.15) is 10.7 Å². The Labute approximate surface area is 143 Å². The minimum atomic E-state index is -3.74. The molecule has 0 radical (unpaired) electrons. The van der Waals surface area contributed by atoms with E-state index in [1.807, 2.05) is 4.90 Å². The van der Waals surface area contributed by atoms with Crippen molar-refractivity contribution >= 4 is 27.5 Å². The van der Waals surface area contributed by atoms with E-state index in [1.165, 1.54) is 6.07 Å². The van der Waals surface area contributed by atoms with Crippen molar-refractivity contribution in [2.45, 2.75) is 50.3 Å². The number of nitrogens with zero attached hydrogens (tertiary/aromatic N) is 2. The molecule has 24 heavy (non-hydrogen) atoms. The van der Waals surface area contributed by atoms with E-state index in [0.717, 1.165) is 38.6 Å². The maximum absolute atomic E-state index is 12.5. The quantitative estimate of drug-likeness (QED) is 0.848. The van der Waals surface area contributed by atoms with Gasteiger partial charge in [0, 0.05) is 25.1 Å². The number of carbonyl (C=O) groups is 1. The molecule has 1 fully saturated rings. The number of amidine groups is 1. The summed E-state index contributed by atoms with van der Waals surface area (Å²) in [4.78, 5) is 14.3. The van der Waals surface area contributed by atoms with Crippen molar-refractivity contribution < 1.29 is 13.2 Å². The normalized spacial score (nSPS) is 18.9. The number of anilines is 1. The number of nitrogens with one attached hydrogen (secondary N) is 1. The molecule has 7 heteroatoms. The van der Waals surface area contributed by atoms with Crippen LogP contribution in [0.15, 0.2) is 27.5 Å². The first kappa shape index (κ1) is 17.0. The van der Waals surface area contributed by atoms with E-state index < -0.39 is 10.0 Å². The Hall–Kier alpha value is -1.89. The number of fused-ring (bicyclic) bond motifs is 3. The smallest absolute Gasteiger partial charge is 0.286 e. The second-order valence-corrected chi connectivity index (χ2v) is 7.81. The topological polar surface area (TPSA) is 78.8 Å². The summed E-state index contributed by atoms with van der Waals surface area (Å²) in [6.45, 7) is 3.41. The second-order valence-electron chi connectivity index (χ2n) is 6.24. The highest BCUT2D eigenvalue weighted by Gasteiger charge is 2.32. The van der Waals surface area contributed by atoms with E-state index in [1.54, 1.807) is 12.1 Å². The largest absolute Gasteiger partial charge is 0.352 e. The van der Waals surface area contributed by atoms with E-state index in [-0.39, 0.29) is 10.8 Å². The molecule has 0 aliphatic carbocycles. The third-order valence-corrected chi connectivity index (χ3v) is 5.76. The van der Waals surface area contributed by atoms with Crippen molar-refractivity contribution in [2.24, 2.45) is 4.40 Å². The van der Waals surface area contributed by atoms with Crippen LogP contribution in [0.4, 0.5) is 5.69 Å². The van der Waals surface area contributed by atoms with E-state index in [9.17, 15) is 13.2 Å². The van der Waals surface area contributed by atoms with Gasteiger partial charge in [-0.25, -0.2) is 0 Å². The maximum atomic E-state index is 12.5. The number of sulfonamides is 1. The average Bonchev–Trinajstić information content (AvgIpc) is 2.79. The Kier molecular flexibility index (Phi) is 4.89. The Balaban J connectivity index is 1.94. The van der Waals surface area contributed by atoms with Crippen molar-refractivity contribution in [3.05, 3.63) is 23.8 Å². The summed E-state index contributed by atoms with van der Waals surface area (Å²) in [5.41, 5.74) is 1.01. The van der Waals surface area contributed by atoms with Gasteiger partial charge in [0.15, 0.2) is 0 Å². The van der Waals surface area contributed by atoms with E-state index >= 15 is 0 Å². The van der Waals surface area contributed by atoms with Gasteiger partial charge < -0.3 is 10.2 Å². The second kappa shape index (κ2) is 6.93. The first-order valence-electron chi connectivity index (χ1n) is 8.56. The minimum absolute atomic E-state index is 0.135. The predicted octanol–water partition coefficient (Wildman–Crippen LogP) is 2.70. The van der Waals surface area contributed by atoms with Crippen LogP contribution in [-0.2, 0) is 10.0 Å². The van der Waals surface area contributed by atoms with Gasteiger partial charge in [-0.2, -0.15) is 8.42 Å². The fraction of sp³-hybridized carbons (Fsp3) is 0.529. The molecule has 0 atom stereocenters. The Morgan fingerprint density at radius 3 is 2.92 bits per heavy atom. The molecular formula is C17H23N3O3S. The number of amides is 1. The summed E-state index contributed by atoms with van der Waals surface area (Å²) in [5, 5.41) is 2.82. The first-order chi connectivity index (χ1) is 11.5. The molecule has 0 aromatic heterocycles. The third-order valence-electron chi connectivity index (χ3n) is 4.43. The minimum Gasteiger partial charge on any atom is -0.352 e. The third kappa shape index (κ3) is 3.31. The number of hydrogen-bond donors (Lipinski definition) is 1. The summed E-state index contributed by atoms with van der Waals surface area (Å²) in [7, 11) is -3.74. The maximum Gasteiger partial charge on any atom is 0.286 e. The molecular weight excluding hydrogens is 326 g/mol. The van der Waals surface area contributed by atoms with Crippen molar-refractivity contribution in [3.8, 4) is 0 Å². The summed E-state index contributed by atoms with van der Waals surface area (Å²) in [5.74, 6) is 0.382. The fourth-order valence-corrected chi connectivity index (χ4v) is 4.39. The van der Waals surface area contributed by atoms with Crippen molar-refractivity contribution in [3.63, 3.8) is 0 Å². The molecule has 2 heterocycles. The summed E-state index contributed by atoms with van der Waals surface area (Å²) >= 11 is 0. The molecule has 1 saturated heterocycles. The highest BCUT2D eigenvalue weighted by atomic mass is 32.2. The standard InChI is InChI=1S/C17H23N3O3S/c1-2-3-10-18-17(21)13-8-9-14-15(12-13)24(22,23)19-16-7-5-4-6-11-20(14)16/h8-9,12H,2-7,10-11H2,1H3,(H,18,21). The van der Waals surface area contributed by atoms with Gasteiger partial charge in [-0.05, 0) is 37.5 Å². The van der Waals surface area contributed by atoms with Gasteiger partial charge in [-0.1, -0.05) is 19.8 Å². The summed E-state index contributed by atoms with van der Waals surface area (Å²) in [6.07, 6.45) is 5.61. The van der Waals surface area contributed by atoms with Crippen LogP contribution >= 0.6 is 0 Å². The monoisotopic (exact) mass is 349 g/mol. The van der Waals surface area contributed by atoms with Crippen LogP contribution in [0.5, 0.6) is 0 Å². The van der Waals surface area contributed by atoms with Crippen LogP contribution in [0, 0.1) is 0 Å². The lowest BCUT2D eigenvalue weighted by atomic mass is 10.1. The van der Waals surface area contributed by atoms with Gasteiger partial charge in [-0.3, -0.25) is 4.79 Å². The van der Waals surface area contributed by atoms with Gasteiger partial charge in [-0.15, -0.1) is 4.40 Å². The molecule has 130 valence electrons. The molecule has 0 bridgehead atoms. The SMILES string of the molecule is CCCCNC(=O)c1ccc2c(c1)S(=O)(=O)N=C1CCCCCN12. The van der Waals surface area contributed by atoms with E-state index in [0.29, 0.717) is 30.1 Å². The average molecular weight is 349 g/mol. The molecule has 2 aliphatic heterocycles. The van der Waals surface area contributed by atoms with Gasteiger partial charge in [0.2, 0.25) is 0 Å². The molecule has 3 rings (SSSR count). The predicted molar refractivity (Wildman–Crippen MR) is 94.1 cm³/mol. The van der Waals surface area contributed by atoms with Crippen molar-refractivity contribution in [2.75, 3.05) is 18.0 Å². The van der Waals surface area contributed by atoms with Gasteiger partial charge in [0.25, 0.3) is 15.9 Å². The van der Waals surface area contributed by atoms with E-state index in [2.05, 4.69) is 16.6 Å². The molecule has 0 spiro atoms. The lowest BCUT2D eigenvalue weighted by Gasteiger charge is -2.29. The van der Waals surface area contributed by atoms with Crippen LogP contribution in [-0.4, -0.2) is 33.3 Å². The van der Waals surface area contributed by atoms with Crippen LogP contribution in [0.3, 0.4) is 0 Å². The zero-order chi connectivity index (χ0) is 17.2. The molecule has 1 aromatic rings. The lowest BCUT2D eigenvalue weighted by Crippen LogP contribution is -2.35. The van der Waals surface area contributed by atoms with Crippen LogP contribution in [0.2, 0.25) is 0 Å². The number of unbranched alkanes of at least 4 members (excludes halogenated alkanes) is 1. The molecule has 1 amide bonds. The zero-order valence-electron chi connectivity index (χ0n) is 13.9. The Morgan fingerprint density at radius 1 is 1.29 bits per heavy atom. The molecule has 6 nitrogen and oxygen atoms in total. The Morgan fingerprint density at radius 2 is 2.12 bits per heavy atom. The summed E-state index contributed by atoms with van der Waals surface area (Å²) < 4.78 is 29.1. The Bertz CT molecular complexity index is 771.